The van der Waals surface area contributed by atoms with Gasteiger partial charge in [-0.3, -0.25) is 4.98 Å². The summed E-state index contributed by atoms with van der Waals surface area (Å²) >= 11 is 0. The fraction of sp³-hybridized carbons (Fsp3) is 0.235. The maximum absolute atomic E-state index is 11.1. The number of nitrogens with zero attached hydrogens (tertiary/aromatic N) is 3. The highest BCUT2D eigenvalue weighted by molar-refractivity contribution is 5.72. The SMILES string of the molecule is NC(=O)N1CCC(=Cc2cccc(Oc3cnccn3)c2)CC1. The van der Waals surface area contributed by atoms with Crippen molar-refractivity contribution in [3.8, 4) is 11.6 Å². The summed E-state index contributed by atoms with van der Waals surface area (Å²) in [4.78, 5) is 20.9. The van der Waals surface area contributed by atoms with E-state index in [1.54, 1.807) is 23.5 Å². The van der Waals surface area contributed by atoms with Gasteiger partial charge in [0.1, 0.15) is 5.75 Å². The summed E-state index contributed by atoms with van der Waals surface area (Å²) in [6.45, 7) is 1.36. The highest BCUT2D eigenvalue weighted by Crippen LogP contribution is 2.23. The number of hydrogen-bond acceptors (Lipinski definition) is 4. The van der Waals surface area contributed by atoms with Gasteiger partial charge in [0.05, 0.1) is 6.20 Å². The molecule has 1 aromatic carbocycles. The van der Waals surface area contributed by atoms with Gasteiger partial charge in [0.25, 0.3) is 0 Å². The maximum Gasteiger partial charge on any atom is 0.314 e. The quantitative estimate of drug-likeness (QED) is 0.945. The third-order valence-corrected chi connectivity index (χ3v) is 3.71. The fourth-order valence-corrected chi connectivity index (χ4v) is 2.52. The van der Waals surface area contributed by atoms with Crippen LogP contribution in [0.15, 0.2) is 48.4 Å². The Hall–Kier alpha value is -2.89. The molecule has 118 valence electrons. The van der Waals surface area contributed by atoms with Gasteiger partial charge in [0.15, 0.2) is 0 Å². The number of amides is 2. The van der Waals surface area contributed by atoms with E-state index in [0.29, 0.717) is 19.0 Å². The van der Waals surface area contributed by atoms with Crippen molar-refractivity contribution in [1.29, 1.82) is 0 Å². The van der Waals surface area contributed by atoms with Gasteiger partial charge in [0, 0.05) is 25.5 Å². The number of rotatable bonds is 3. The number of primary amides is 1. The highest BCUT2D eigenvalue weighted by Gasteiger charge is 2.16. The number of piperidine rings is 1. The van der Waals surface area contributed by atoms with Gasteiger partial charge in [-0.05, 0) is 30.5 Å². The first kappa shape index (κ1) is 15.0. The molecule has 3 rings (SSSR count). The largest absolute Gasteiger partial charge is 0.437 e. The highest BCUT2D eigenvalue weighted by atomic mass is 16.5. The average Bonchev–Trinajstić information content (AvgIpc) is 2.57. The molecule has 2 aromatic rings. The second kappa shape index (κ2) is 6.91. The van der Waals surface area contributed by atoms with Crippen molar-refractivity contribution >= 4 is 12.1 Å². The van der Waals surface area contributed by atoms with Gasteiger partial charge < -0.3 is 15.4 Å². The number of hydrogen-bond donors (Lipinski definition) is 1. The Morgan fingerprint density at radius 3 is 2.78 bits per heavy atom. The summed E-state index contributed by atoms with van der Waals surface area (Å²) in [5.74, 6) is 1.18. The lowest BCUT2D eigenvalue weighted by Crippen LogP contribution is -2.39. The zero-order valence-electron chi connectivity index (χ0n) is 12.7. The van der Waals surface area contributed by atoms with Gasteiger partial charge in [-0.2, -0.15) is 0 Å². The number of aromatic nitrogens is 2. The van der Waals surface area contributed by atoms with Crippen LogP contribution in [0.25, 0.3) is 6.08 Å². The topological polar surface area (TPSA) is 81.3 Å². The first-order valence-corrected chi connectivity index (χ1v) is 7.48. The van der Waals surface area contributed by atoms with Crippen LogP contribution in [0, 0.1) is 0 Å². The lowest BCUT2D eigenvalue weighted by Gasteiger charge is -2.26. The van der Waals surface area contributed by atoms with E-state index in [1.807, 2.05) is 24.3 Å². The first-order valence-electron chi connectivity index (χ1n) is 7.48. The molecule has 0 spiro atoms. The zero-order chi connectivity index (χ0) is 16.1. The Morgan fingerprint density at radius 1 is 1.26 bits per heavy atom. The van der Waals surface area contributed by atoms with Crippen LogP contribution in [0.1, 0.15) is 18.4 Å². The summed E-state index contributed by atoms with van der Waals surface area (Å²) in [6.07, 6.45) is 8.60. The Balaban J connectivity index is 1.68. The van der Waals surface area contributed by atoms with Crippen molar-refractivity contribution < 1.29 is 9.53 Å². The zero-order valence-corrected chi connectivity index (χ0v) is 12.7. The molecule has 6 nitrogen and oxygen atoms in total. The third-order valence-electron chi connectivity index (χ3n) is 3.71. The number of carbonyl (C=O) groups excluding carboxylic acids is 1. The summed E-state index contributed by atoms with van der Waals surface area (Å²) in [5.41, 5.74) is 7.67. The molecule has 1 aliphatic heterocycles. The molecule has 2 heterocycles. The van der Waals surface area contributed by atoms with Crippen LogP contribution in [0.5, 0.6) is 11.6 Å². The minimum atomic E-state index is -0.344. The lowest BCUT2D eigenvalue weighted by molar-refractivity contribution is 0.203. The molecule has 0 atom stereocenters. The molecular formula is C17H18N4O2. The van der Waals surface area contributed by atoms with Gasteiger partial charge in [-0.1, -0.05) is 23.8 Å². The molecule has 2 N–H and O–H groups in total. The number of carbonyl (C=O) groups is 1. The van der Waals surface area contributed by atoms with Crippen LogP contribution in [0.2, 0.25) is 0 Å². The van der Waals surface area contributed by atoms with Crippen LogP contribution in [-0.4, -0.2) is 34.0 Å². The van der Waals surface area contributed by atoms with E-state index in [-0.39, 0.29) is 6.03 Å². The second-order valence-electron chi connectivity index (χ2n) is 5.35. The minimum Gasteiger partial charge on any atom is -0.437 e. The number of likely N-dealkylation sites (tertiary alicyclic amines) is 1. The average molecular weight is 310 g/mol. The van der Waals surface area contributed by atoms with Crippen molar-refractivity contribution in [1.82, 2.24) is 14.9 Å². The van der Waals surface area contributed by atoms with E-state index in [9.17, 15) is 4.79 Å². The summed E-state index contributed by atoms with van der Waals surface area (Å²) < 4.78 is 5.68. The molecule has 2 amide bonds. The third kappa shape index (κ3) is 4.06. The number of ether oxygens (including phenoxy) is 1. The van der Waals surface area contributed by atoms with Crippen molar-refractivity contribution in [2.45, 2.75) is 12.8 Å². The maximum atomic E-state index is 11.1. The molecular weight excluding hydrogens is 292 g/mol. The van der Waals surface area contributed by atoms with Crippen LogP contribution in [0.3, 0.4) is 0 Å². The summed E-state index contributed by atoms with van der Waals surface area (Å²) in [7, 11) is 0. The standard InChI is InChI=1S/C17H18N4O2/c18-17(22)21-8-4-13(5-9-21)10-14-2-1-3-15(11-14)23-16-12-19-6-7-20-16/h1-3,6-7,10-12H,4-5,8-9H2,(H2,18,22). The molecule has 6 heteroatoms. The van der Waals surface area contributed by atoms with Gasteiger partial charge in [-0.25, -0.2) is 9.78 Å². The summed E-state index contributed by atoms with van der Waals surface area (Å²) in [6, 6.07) is 7.46. The molecule has 0 bridgehead atoms. The van der Waals surface area contributed by atoms with Crippen molar-refractivity contribution in [2.75, 3.05) is 13.1 Å². The molecule has 1 fully saturated rings. The Bertz CT molecular complexity index is 706. The molecule has 23 heavy (non-hydrogen) atoms. The second-order valence-corrected chi connectivity index (χ2v) is 5.35. The molecule has 0 radical (unpaired) electrons. The summed E-state index contributed by atoms with van der Waals surface area (Å²) in [5, 5.41) is 0. The molecule has 0 unspecified atom stereocenters. The smallest absolute Gasteiger partial charge is 0.314 e. The lowest BCUT2D eigenvalue weighted by atomic mass is 10.0. The van der Waals surface area contributed by atoms with Crippen LogP contribution < -0.4 is 10.5 Å². The monoisotopic (exact) mass is 310 g/mol. The molecule has 1 aliphatic rings. The first-order chi connectivity index (χ1) is 11.2. The fourth-order valence-electron chi connectivity index (χ4n) is 2.52. The van der Waals surface area contributed by atoms with Crippen molar-refractivity contribution in [2.24, 2.45) is 5.73 Å². The van der Waals surface area contributed by atoms with Crippen molar-refractivity contribution in [3.05, 3.63) is 54.0 Å². The van der Waals surface area contributed by atoms with E-state index in [0.717, 1.165) is 24.2 Å². The normalized spacial score (nSPS) is 14.4. The molecule has 0 saturated carbocycles. The number of nitrogens with two attached hydrogens (primary N) is 1. The number of benzene rings is 1. The molecule has 0 aliphatic carbocycles. The van der Waals surface area contributed by atoms with Crippen molar-refractivity contribution in [3.63, 3.8) is 0 Å². The minimum absolute atomic E-state index is 0.344. The Labute approximate surface area is 134 Å². The van der Waals surface area contributed by atoms with Gasteiger partial charge >= 0.3 is 6.03 Å². The predicted molar refractivity (Wildman–Crippen MR) is 86.9 cm³/mol. The predicted octanol–water partition coefficient (Wildman–Crippen LogP) is 2.83. The van der Waals surface area contributed by atoms with E-state index >= 15 is 0 Å². The van der Waals surface area contributed by atoms with Gasteiger partial charge in [-0.15, -0.1) is 0 Å². The van der Waals surface area contributed by atoms with E-state index in [2.05, 4.69) is 16.0 Å². The van der Waals surface area contributed by atoms with Gasteiger partial charge in [0.2, 0.25) is 5.88 Å². The Morgan fingerprint density at radius 2 is 2.09 bits per heavy atom. The van der Waals surface area contributed by atoms with Crippen LogP contribution in [0.4, 0.5) is 4.79 Å². The molecule has 1 aromatic heterocycles. The van der Waals surface area contributed by atoms with Crippen LogP contribution in [-0.2, 0) is 0 Å². The molecule has 1 saturated heterocycles. The number of urea groups is 1. The Kier molecular flexibility index (Phi) is 4.52. The van der Waals surface area contributed by atoms with E-state index in [4.69, 9.17) is 10.5 Å². The van der Waals surface area contributed by atoms with Crippen LogP contribution >= 0.6 is 0 Å². The van der Waals surface area contributed by atoms with E-state index < -0.39 is 0 Å². The van der Waals surface area contributed by atoms with E-state index in [1.165, 1.54) is 5.57 Å².